The Morgan fingerprint density at radius 1 is 1.09 bits per heavy atom. The van der Waals surface area contributed by atoms with Gasteiger partial charge in [0.2, 0.25) is 0 Å². The number of para-hydroxylation sites is 1. The normalized spacial score (nSPS) is 10.2. The maximum Gasteiger partial charge on any atom is 0.258 e. The van der Waals surface area contributed by atoms with Gasteiger partial charge < -0.3 is 14.8 Å². The summed E-state index contributed by atoms with van der Waals surface area (Å²) >= 11 is 0. The minimum absolute atomic E-state index is 0.0153. The Bertz CT molecular complexity index is 640. The molecule has 2 aromatic carbocycles. The van der Waals surface area contributed by atoms with Crippen molar-refractivity contribution in [3.63, 3.8) is 0 Å². The summed E-state index contributed by atoms with van der Waals surface area (Å²) in [6.45, 7) is 4.97. The van der Waals surface area contributed by atoms with E-state index in [1.54, 1.807) is 0 Å². The van der Waals surface area contributed by atoms with Crippen LogP contribution in [0.2, 0.25) is 0 Å². The van der Waals surface area contributed by atoms with Crippen molar-refractivity contribution in [3.8, 4) is 11.5 Å². The monoisotopic (exact) mass is 313 g/mol. The van der Waals surface area contributed by atoms with E-state index >= 15 is 0 Å². The largest absolute Gasteiger partial charge is 0.492 e. The molecule has 0 bridgehead atoms. The molecule has 2 aromatic rings. The van der Waals surface area contributed by atoms with Gasteiger partial charge in [-0.25, -0.2) is 0 Å². The number of nitrogens with one attached hydrogen (secondary N) is 1. The van der Waals surface area contributed by atoms with Gasteiger partial charge in [0.1, 0.15) is 18.1 Å². The van der Waals surface area contributed by atoms with Gasteiger partial charge in [-0.05, 0) is 42.7 Å². The van der Waals surface area contributed by atoms with Crippen LogP contribution in [0.15, 0.2) is 48.5 Å². The lowest BCUT2D eigenvalue weighted by atomic mass is 10.1. The first-order valence-corrected chi connectivity index (χ1v) is 7.86. The smallest absolute Gasteiger partial charge is 0.258 e. The third kappa shape index (κ3) is 5.66. The molecule has 1 amide bonds. The molecule has 0 saturated carbocycles. The van der Waals surface area contributed by atoms with Crippen LogP contribution in [-0.4, -0.2) is 25.7 Å². The molecule has 0 unspecified atom stereocenters. The number of hydrogen-bond donors (Lipinski definition) is 1. The van der Waals surface area contributed by atoms with Gasteiger partial charge in [0, 0.05) is 0 Å². The maximum absolute atomic E-state index is 11.8. The zero-order chi connectivity index (χ0) is 16.5. The summed E-state index contributed by atoms with van der Waals surface area (Å²) in [5.41, 5.74) is 2.25. The number of hydrogen-bond acceptors (Lipinski definition) is 3. The van der Waals surface area contributed by atoms with Crippen LogP contribution < -0.4 is 14.8 Å². The second kappa shape index (κ2) is 8.83. The first-order chi connectivity index (χ1) is 11.2. The zero-order valence-corrected chi connectivity index (χ0v) is 13.7. The van der Waals surface area contributed by atoms with Crippen molar-refractivity contribution in [2.24, 2.45) is 0 Å². The van der Waals surface area contributed by atoms with Crippen molar-refractivity contribution in [3.05, 3.63) is 59.7 Å². The molecule has 4 heteroatoms. The predicted octanol–water partition coefficient (Wildman–Crippen LogP) is 3.13. The minimum Gasteiger partial charge on any atom is -0.492 e. The lowest BCUT2D eigenvalue weighted by molar-refractivity contribution is -0.123. The Kier molecular flexibility index (Phi) is 6.48. The number of carbonyl (C=O) groups excluding carboxylic acids is 1. The summed E-state index contributed by atoms with van der Waals surface area (Å²) in [5.74, 6) is 1.43. The lowest BCUT2D eigenvalue weighted by Crippen LogP contribution is -2.32. The fourth-order valence-corrected chi connectivity index (χ4v) is 2.20. The van der Waals surface area contributed by atoms with E-state index in [1.165, 1.54) is 0 Å². The van der Waals surface area contributed by atoms with E-state index in [-0.39, 0.29) is 12.5 Å². The zero-order valence-electron chi connectivity index (χ0n) is 13.7. The molecule has 0 saturated heterocycles. The van der Waals surface area contributed by atoms with E-state index in [1.807, 2.05) is 55.5 Å². The molecule has 0 heterocycles. The second-order valence-corrected chi connectivity index (χ2v) is 5.26. The van der Waals surface area contributed by atoms with Gasteiger partial charge >= 0.3 is 0 Å². The van der Waals surface area contributed by atoms with Crippen LogP contribution in [0.1, 0.15) is 18.1 Å². The van der Waals surface area contributed by atoms with Crippen molar-refractivity contribution >= 4 is 5.91 Å². The highest BCUT2D eigenvalue weighted by atomic mass is 16.5. The average molecular weight is 313 g/mol. The molecule has 0 aliphatic heterocycles. The van der Waals surface area contributed by atoms with Gasteiger partial charge in [0.25, 0.3) is 5.91 Å². The summed E-state index contributed by atoms with van der Waals surface area (Å²) in [4.78, 5) is 11.8. The van der Waals surface area contributed by atoms with E-state index in [0.29, 0.717) is 13.2 Å². The highest BCUT2D eigenvalue weighted by Crippen LogP contribution is 2.17. The van der Waals surface area contributed by atoms with Crippen LogP contribution in [0, 0.1) is 6.92 Å². The first kappa shape index (κ1) is 16.9. The molecule has 0 aromatic heterocycles. The Morgan fingerprint density at radius 2 is 1.91 bits per heavy atom. The van der Waals surface area contributed by atoms with Crippen LogP contribution in [0.4, 0.5) is 0 Å². The van der Waals surface area contributed by atoms with Crippen LogP contribution in [0.25, 0.3) is 0 Å². The number of amides is 1. The summed E-state index contributed by atoms with van der Waals surface area (Å²) in [5, 5.41) is 2.79. The van der Waals surface area contributed by atoms with Crippen LogP contribution in [0.3, 0.4) is 0 Å². The molecule has 1 N–H and O–H groups in total. The van der Waals surface area contributed by atoms with E-state index < -0.39 is 0 Å². The standard InChI is InChI=1S/C19H23NO3/c1-3-16-8-4-5-10-18(16)23-14-19(21)20-11-12-22-17-9-6-7-15(2)13-17/h4-10,13H,3,11-12,14H2,1-2H3,(H,20,21). The Balaban J connectivity index is 1.67. The van der Waals surface area contributed by atoms with Crippen LogP contribution in [0.5, 0.6) is 11.5 Å². The van der Waals surface area contributed by atoms with Crippen molar-refractivity contribution in [1.82, 2.24) is 5.32 Å². The van der Waals surface area contributed by atoms with Crippen molar-refractivity contribution in [2.45, 2.75) is 20.3 Å². The lowest BCUT2D eigenvalue weighted by Gasteiger charge is -2.11. The number of aryl methyl sites for hydroxylation is 2. The third-order valence-electron chi connectivity index (χ3n) is 3.39. The van der Waals surface area contributed by atoms with Gasteiger partial charge in [-0.2, -0.15) is 0 Å². The minimum atomic E-state index is -0.149. The maximum atomic E-state index is 11.8. The summed E-state index contributed by atoms with van der Waals surface area (Å²) < 4.78 is 11.1. The van der Waals surface area contributed by atoms with Gasteiger partial charge in [0.15, 0.2) is 6.61 Å². The van der Waals surface area contributed by atoms with Gasteiger partial charge in [-0.3, -0.25) is 4.79 Å². The Morgan fingerprint density at radius 3 is 2.70 bits per heavy atom. The molecule has 4 nitrogen and oxygen atoms in total. The third-order valence-corrected chi connectivity index (χ3v) is 3.39. The van der Waals surface area contributed by atoms with E-state index in [0.717, 1.165) is 29.0 Å². The Labute approximate surface area is 137 Å². The molecule has 2 rings (SSSR count). The van der Waals surface area contributed by atoms with Crippen molar-refractivity contribution in [2.75, 3.05) is 19.8 Å². The van der Waals surface area contributed by atoms with Gasteiger partial charge in [0.05, 0.1) is 6.54 Å². The van der Waals surface area contributed by atoms with E-state index in [4.69, 9.17) is 9.47 Å². The van der Waals surface area contributed by atoms with E-state index in [2.05, 4.69) is 12.2 Å². The van der Waals surface area contributed by atoms with Crippen LogP contribution >= 0.6 is 0 Å². The summed E-state index contributed by atoms with van der Waals surface area (Å²) in [6.07, 6.45) is 0.877. The highest BCUT2D eigenvalue weighted by Gasteiger charge is 2.05. The molecule has 0 fully saturated rings. The molecule has 0 aliphatic carbocycles. The highest BCUT2D eigenvalue weighted by molar-refractivity contribution is 5.77. The molecular weight excluding hydrogens is 290 g/mol. The molecule has 0 atom stereocenters. The SMILES string of the molecule is CCc1ccccc1OCC(=O)NCCOc1cccc(C)c1. The number of carbonyl (C=O) groups is 1. The van der Waals surface area contributed by atoms with Crippen molar-refractivity contribution < 1.29 is 14.3 Å². The van der Waals surface area contributed by atoms with Gasteiger partial charge in [-0.15, -0.1) is 0 Å². The fraction of sp³-hybridized carbons (Fsp3) is 0.316. The average Bonchev–Trinajstić information content (AvgIpc) is 2.57. The van der Waals surface area contributed by atoms with E-state index in [9.17, 15) is 4.79 Å². The molecule has 0 aliphatic rings. The molecule has 0 radical (unpaired) electrons. The molecule has 0 spiro atoms. The molecule has 23 heavy (non-hydrogen) atoms. The van der Waals surface area contributed by atoms with Crippen LogP contribution in [-0.2, 0) is 11.2 Å². The first-order valence-electron chi connectivity index (χ1n) is 7.86. The quantitative estimate of drug-likeness (QED) is 0.762. The second-order valence-electron chi connectivity index (χ2n) is 5.26. The molecular formula is C19H23NO3. The number of ether oxygens (including phenoxy) is 2. The fourth-order valence-electron chi connectivity index (χ4n) is 2.20. The molecule has 122 valence electrons. The number of benzene rings is 2. The summed E-state index contributed by atoms with van der Waals surface area (Å²) in [6, 6.07) is 15.6. The summed E-state index contributed by atoms with van der Waals surface area (Å²) in [7, 11) is 0. The number of rotatable bonds is 8. The Hall–Kier alpha value is -2.49. The van der Waals surface area contributed by atoms with Gasteiger partial charge in [-0.1, -0.05) is 37.3 Å². The predicted molar refractivity (Wildman–Crippen MR) is 91.0 cm³/mol. The topological polar surface area (TPSA) is 47.6 Å². The van der Waals surface area contributed by atoms with Crippen molar-refractivity contribution in [1.29, 1.82) is 0 Å².